The van der Waals surface area contributed by atoms with E-state index in [9.17, 15) is 0 Å². The van der Waals surface area contributed by atoms with Crippen LogP contribution in [0.2, 0.25) is 0 Å². The van der Waals surface area contributed by atoms with E-state index in [-0.39, 0.29) is 0 Å². The van der Waals surface area contributed by atoms with Crippen LogP contribution in [0.15, 0.2) is 19.9 Å². The third-order valence-electron chi connectivity index (χ3n) is 1.82. The predicted molar refractivity (Wildman–Crippen MR) is 67.9 cm³/mol. The molecule has 0 atom stereocenters. The highest BCUT2D eigenvalue weighted by Crippen LogP contribution is 2.02. The summed E-state index contributed by atoms with van der Waals surface area (Å²) in [6.45, 7) is 5.45. The summed E-state index contributed by atoms with van der Waals surface area (Å²) in [6.07, 6.45) is 5.10. The third-order valence-corrected chi connectivity index (χ3v) is 1.82. The molecule has 0 saturated heterocycles. The van der Waals surface area contributed by atoms with Gasteiger partial charge in [-0.05, 0) is 19.9 Å². The van der Waals surface area contributed by atoms with Crippen molar-refractivity contribution < 1.29 is 8.83 Å². The van der Waals surface area contributed by atoms with Crippen molar-refractivity contribution in [3.05, 3.63) is 22.9 Å². The van der Waals surface area contributed by atoms with Gasteiger partial charge in [-0.3, -0.25) is 0 Å². The van der Waals surface area contributed by atoms with E-state index in [2.05, 4.69) is 15.3 Å². The quantitative estimate of drug-likeness (QED) is 0.782. The van der Waals surface area contributed by atoms with Crippen molar-refractivity contribution in [3.8, 4) is 0 Å². The van der Waals surface area contributed by atoms with Crippen LogP contribution in [0.4, 0.5) is 5.88 Å². The van der Waals surface area contributed by atoms with Crippen molar-refractivity contribution in [1.29, 1.82) is 0 Å². The number of nitrogens with one attached hydrogen (secondary N) is 1. The molecule has 0 spiro atoms. The Hall–Kier alpha value is -2.04. The Morgan fingerprint density at radius 1 is 1.35 bits per heavy atom. The molecule has 0 fully saturated rings. The van der Waals surface area contributed by atoms with E-state index >= 15 is 0 Å². The molecule has 0 bridgehead atoms. The van der Waals surface area contributed by atoms with Crippen LogP contribution in [0.1, 0.15) is 19.7 Å². The predicted octanol–water partition coefficient (Wildman–Crippen LogP) is 1.18. The Balaban J connectivity index is 3.63. The van der Waals surface area contributed by atoms with Gasteiger partial charge in [-0.25, -0.2) is 4.99 Å². The largest absolute Gasteiger partial charge is 0.443 e. The molecule has 0 radical (unpaired) electrons. The van der Waals surface area contributed by atoms with Gasteiger partial charge in [0, 0.05) is 26.3 Å². The Morgan fingerprint density at radius 2 is 2.12 bits per heavy atom. The summed E-state index contributed by atoms with van der Waals surface area (Å²) in [5.74, 6) is 0.939. The van der Waals surface area contributed by atoms with E-state index in [1.54, 1.807) is 32.5 Å². The van der Waals surface area contributed by atoms with Crippen LogP contribution < -0.4 is 16.3 Å². The van der Waals surface area contributed by atoms with Gasteiger partial charge in [0.1, 0.15) is 5.42 Å². The van der Waals surface area contributed by atoms with Gasteiger partial charge in [-0.1, -0.05) is 0 Å². The molecule has 1 aromatic heterocycles. The van der Waals surface area contributed by atoms with Crippen molar-refractivity contribution in [3.63, 3.8) is 0 Å². The molecule has 0 unspecified atom stereocenters. The molecule has 1 aromatic rings. The Morgan fingerprint density at radius 3 is 2.71 bits per heavy atom. The van der Waals surface area contributed by atoms with E-state index in [0.717, 1.165) is 0 Å². The smallest absolute Gasteiger partial charge is 0.240 e. The van der Waals surface area contributed by atoms with Crippen LogP contribution in [0.25, 0.3) is 12.3 Å². The minimum absolute atomic E-state index is 0.400. The normalized spacial score (nSPS) is 13.2. The van der Waals surface area contributed by atoms with Gasteiger partial charge in [0.2, 0.25) is 11.4 Å². The van der Waals surface area contributed by atoms with Crippen LogP contribution in [0, 0.1) is 6.92 Å². The van der Waals surface area contributed by atoms with Gasteiger partial charge < -0.3 is 14.2 Å². The molecule has 1 N–H and O–H groups in total. The van der Waals surface area contributed by atoms with Crippen molar-refractivity contribution >= 4 is 24.4 Å². The highest BCUT2D eigenvalue weighted by Gasteiger charge is 1.92. The summed E-state index contributed by atoms with van der Waals surface area (Å²) in [4.78, 5) is 8.27. The minimum Gasteiger partial charge on any atom is -0.443 e. The monoisotopic (exact) mass is 235 g/mol. The lowest BCUT2D eigenvalue weighted by molar-refractivity contribution is 0.428. The molecule has 0 saturated carbocycles. The molecule has 5 nitrogen and oxygen atoms in total. The lowest BCUT2D eigenvalue weighted by atomic mass is 10.5. The first kappa shape index (κ1) is 13.0. The zero-order chi connectivity index (χ0) is 12.7. The Bertz CT molecular complexity index is 551. The molecular weight excluding hydrogens is 218 g/mol. The molecule has 0 amide bonds. The zero-order valence-electron chi connectivity index (χ0n) is 10.5. The summed E-state index contributed by atoms with van der Waals surface area (Å²) in [5.41, 5.74) is 1.05. The Kier molecular flexibility index (Phi) is 5.00. The van der Waals surface area contributed by atoms with E-state index in [1.807, 2.05) is 19.9 Å². The van der Waals surface area contributed by atoms with Crippen molar-refractivity contribution in [1.82, 2.24) is 10.3 Å². The molecular formula is C12H17N3O2. The average molecular weight is 235 g/mol. The summed E-state index contributed by atoms with van der Waals surface area (Å²) < 4.78 is 11.0. The number of nitrogens with zero attached hydrogens (tertiary/aromatic N) is 2. The summed E-state index contributed by atoms with van der Waals surface area (Å²) in [5, 5.41) is 2.85. The van der Waals surface area contributed by atoms with Crippen LogP contribution >= 0.6 is 0 Å². The van der Waals surface area contributed by atoms with Crippen LogP contribution in [-0.2, 0) is 0 Å². The van der Waals surface area contributed by atoms with Crippen LogP contribution in [-0.4, -0.2) is 18.2 Å². The van der Waals surface area contributed by atoms with Crippen molar-refractivity contribution in [2.45, 2.75) is 20.8 Å². The maximum atomic E-state index is 5.53. The Labute approximate surface area is 99.9 Å². The number of rotatable bonds is 2. The van der Waals surface area contributed by atoms with Gasteiger partial charge in [0.15, 0.2) is 5.89 Å². The number of aromatic nitrogens is 1. The molecule has 0 aliphatic heterocycles. The first-order chi connectivity index (χ1) is 8.19. The van der Waals surface area contributed by atoms with Crippen LogP contribution in [0.5, 0.6) is 0 Å². The fourth-order valence-electron chi connectivity index (χ4n) is 1.18. The van der Waals surface area contributed by atoms with Gasteiger partial charge in [-0.2, -0.15) is 4.98 Å². The maximum absolute atomic E-state index is 5.53. The molecule has 1 heterocycles. The SMILES string of the molecule is CC=Nc1c/c(=C\C)oc(C)n/c(=C\NC)o1. The number of aliphatic imine (C=N–C) groups is 1. The highest BCUT2D eigenvalue weighted by atomic mass is 16.4. The van der Waals surface area contributed by atoms with Crippen molar-refractivity contribution in [2.75, 3.05) is 7.05 Å². The molecule has 1 rings (SSSR count). The summed E-state index contributed by atoms with van der Waals surface area (Å²) >= 11 is 0. The van der Waals surface area contributed by atoms with E-state index in [0.29, 0.717) is 22.7 Å². The van der Waals surface area contributed by atoms with E-state index in [4.69, 9.17) is 8.83 Å². The van der Waals surface area contributed by atoms with Gasteiger partial charge in [-0.15, -0.1) is 0 Å². The lowest BCUT2D eigenvalue weighted by Crippen LogP contribution is -2.12. The second-order valence-corrected chi connectivity index (χ2v) is 3.17. The highest BCUT2D eigenvalue weighted by molar-refractivity contribution is 5.57. The first-order valence-electron chi connectivity index (χ1n) is 5.34. The number of aryl methyl sites for hydroxylation is 1. The minimum atomic E-state index is 0.400. The maximum Gasteiger partial charge on any atom is 0.240 e. The summed E-state index contributed by atoms with van der Waals surface area (Å²) in [7, 11) is 1.77. The summed E-state index contributed by atoms with van der Waals surface area (Å²) in [6, 6.07) is 1.71. The van der Waals surface area contributed by atoms with E-state index in [1.165, 1.54) is 0 Å². The van der Waals surface area contributed by atoms with Crippen molar-refractivity contribution in [2.24, 2.45) is 4.99 Å². The molecule has 0 aromatic carbocycles. The fourth-order valence-corrected chi connectivity index (χ4v) is 1.18. The fraction of sp³-hybridized carbons (Fsp3) is 0.333. The molecule has 0 aliphatic rings. The van der Waals surface area contributed by atoms with Crippen LogP contribution in [0.3, 0.4) is 0 Å². The molecule has 92 valence electrons. The van der Waals surface area contributed by atoms with Gasteiger partial charge in [0.05, 0.1) is 6.20 Å². The topological polar surface area (TPSA) is 63.6 Å². The van der Waals surface area contributed by atoms with Gasteiger partial charge in [0.25, 0.3) is 0 Å². The number of hydrogen-bond donors (Lipinski definition) is 1. The third kappa shape index (κ3) is 4.14. The average Bonchev–Trinajstić information content (AvgIpc) is 2.26. The number of hydrogen-bond acceptors (Lipinski definition) is 5. The molecule has 5 heteroatoms. The standard InChI is InChI=1S/C12H17N3O2/c1-5-10-7-11(14-6-2)17-12(8-13-4)15-9(3)16-10/h5-8,13H,1-4H3/b10-5+,11-7?,12-8+,14-6?,15-9?. The lowest BCUT2D eigenvalue weighted by Gasteiger charge is -1.94. The second-order valence-electron chi connectivity index (χ2n) is 3.17. The van der Waals surface area contributed by atoms with Gasteiger partial charge >= 0.3 is 0 Å². The molecule has 0 aliphatic carbocycles. The molecule has 17 heavy (non-hydrogen) atoms. The zero-order valence-corrected chi connectivity index (χ0v) is 10.5. The van der Waals surface area contributed by atoms with E-state index < -0.39 is 0 Å². The second kappa shape index (κ2) is 6.52. The first-order valence-corrected chi connectivity index (χ1v) is 5.34.